The minimum absolute atomic E-state index is 0.0619. The molecule has 0 aliphatic carbocycles. The van der Waals surface area contributed by atoms with Crippen molar-refractivity contribution in [3.8, 4) is 10.6 Å². The number of rotatable bonds is 1. The van der Waals surface area contributed by atoms with Crippen molar-refractivity contribution >= 4 is 22.9 Å². The molecule has 2 aromatic rings. The zero-order valence-electron chi connectivity index (χ0n) is 7.75. The lowest BCUT2D eigenvalue weighted by Gasteiger charge is -2.10. The number of nitrogens with zero attached hydrogens (tertiary/aromatic N) is 1. The van der Waals surface area contributed by atoms with Gasteiger partial charge >= 0.3 is 6.18 Å². The van der Waals surface area contributed by atoms with Crippen molar-refractivity contribution < 1.29 is 13.2 Å². The number of hydrogen-bond donors (Lipinski definition) is 0. The molecule has 0 saturated heterocycles. The van der Waals surface area contributed by atoms with Gasteiger partial charge in [0.05, 0.1) is 11.8 Å². The monoisotopic (exact) mass is 263 g/mol. The van der Waals surface area contributed by atoms with Crippen molar-refractivity contribution in [2.75, 3.05) is 0 Å². The van der Waals surface area contributed by atoms with E-state index in [1.807, 2.05) is 0 Å². The summed E-state index contributed by atoms with van der Waals surface area (Å²) in [4.78, 5) is 3.85. The Bertz CT molecular complexity index is 507. The fourth-order valence-electron chi connectivity index (χ4n) is 1.30. The lowest BCUT2D eigenvalue weighted by molar-refractivity contribution is -0.137. The van der Waals surface area contributed by atoms with Crippen LogP contribution >= 0.6 is 22.9 Å². The van der Waals surface area contributed by atoms with Gasteiger partial charge in [0.25, 0.3) is 0 Å². The van der Waals surface area contributed by atoms with Crippen molar-refractivity contribution in [2.24, 2.45) is 0 Å². The molecule has 84 valence electrons. The van der Waals surface area contributed by atoms with Gasteiger partial charge in [0.15, 0.2) is 0 Å². The van der Waals surface area contributed by atoms with Crippen LogP contribution in [0.1, 0.15) is 5.56 Å². The minimum atomic E-state index is -4.38. The van der Waals surface area contributed by atoms with E-state index in [0.29, 0.717) is 4.34 Å². The molecule has 6 heteroatoms. The third kappa shape index (κ3) is 2.20. The second-order valence-electron chi connectivity index (χ2n) is 3.01. The molecule has 0 N–H and O–H groups in total. The molecule has 0 aliphatic rings. The van der Waals surface area contributed by atoms with Crippen molar-refractivity contribution in [1.29, 1.82) is 0 Å². The highest BCUT2D eigenvalue weighted by atomic mass is 35.5. The highest BCUT2D eigenvalue weighted by molar-refractivity contribution is 7.18. The van der Waals surface area contributed by atoms with Crippen molar-refractivity contribution in [3.63, 3.8) is 0 Å². The van der Waals surface area contributed by atoms with Crippen LogP contribution in [0.3, 0.4) is 0 Å². The van der Waals surface area contributed by atoms with Crippen molar-refractivity contribution in [3.05, 3.63) is 40.4 Å². The van der Waals surface area contributed by atoms with Crippen LogP contribution in [0.2, 0.25) is 4.34 Å². The third-order valence-electron chi connectivity index (χ3n) is 1.94. The molecule has 0 unspecified atom stereocenters. The van der Waals surface area contributed by atoms with E-state index in [-0.39, 0.29) is 10.6 Å². The molecule has 0 aliphatic heterocycles. The summed E-state index contributed by atoms with van der Waals surface area (Å²) in [7, 11) is 0. The number of hydrogen-bond acceptors (Lipinski definition) is 2. The predicted molar refractivity (Wildman–Crippen MR) is 57.6 cm³/mol. The van der Waals surface area contributed by atoms with Gasteiger partial charge in [-0.2, -0.15) is 13.2 Å². The fraction of sp³-hybridized carbons (Fsp3) is 0.100. The first-order valence-corrected chi connectivity index (χ1v) is 5.46. The molecule has 1 aromatic heterocycles. The lowest BCUT2D eigenvalue weighted by Crippen LogP contribution is -2.06. The fourth-order valence-corrected chi connectivity index (χ4v) is 2.25. The van der Waals surface area contributed by atoms with Gasteiger partial charge < -0.3 is 0 Å². The number of aromatic nitrogens is 1. The highest BCUT2D eigenvalue weighted by Gasteiger charge is 2.33. The summed E-state index contributed by atoms with van der Waals surface area (Å²) in [5, 5.41) is 0.276. The van der Waals surface area contributed by atoms with E-state index in [1.165, 1.54) is 18.3 Å². The van der Waals surface area contributed by atoms with Crippen LogP contribution < -0.4 is 0 Å². The van der Waals surface area contributed by atoms with E-state index in [1.54, 1.807) is 6.07 Å². The van der Waals surface area contributed by atoms with E-state index in [0.717, 1.165) is 17.4 Å². The summed E-state index contributed by atoms with van der Waals surface area (Å²) < 4.78 is 38.4. The minimum Gasteiger partial charge on any atom is -0.243 e. The van der Waals surface area contributed by atoms with Crippen LogP contribution in [0.15, 0.2) is 30.5 Å². The summed E-state index contributed by atoms with van der Waals surface area (Å²) in [5.74, 6) is 0. The van der Waals surface area contributed by atoms with Gasteiger partial charge in [-0.05, 0) is 6.07 Å². The summed E-state index contributed by atoms with van der Waals surface area (Å²) in [6.45, 7) is 0. The van der Waals surface area contributed by atoms with Gasteiger partial charge in [-0.1, -0.05) is 29.8 Å². The van der Waals surface area contributed by atoms with Crippen LogP contribution in [-0.4, -0.2) is 4.98 Å². The molecule has 1 heterocycles. The van der Waals surface area contributed by atoms with Gasteiger partial charge in [-0.15, -0.1) is 11.3 Å². The van der Waals surface area contributed by atoms with Crippen molar-refractivity contribution in [2.45, 2.75) is 6.18 Å². The van der Waals surface area contributed by atoms with Gasteiger partial charge in [0, 0.05) is 5.56 Å². The van der Waals surface area contributed by atoms with E-state index in [2.05, 4.69) is 4.98 Å². The van der Waals surface area contributed by atoms with Gasteiger partial charge in [-0.3, -0.25) is 0 Å². The molecule has 2 rings (SSSR count). The Morgan fingerprint density at radius 3 is 2.44 bits per heavy atom. The highest BCUT2D eigenvalue weighted by Crippen LogP contribution is 2.38. The van der Waals surface area contributed by atoms with E-state index >= 15 is 0 Å². The maximum Gasteiger partial charge on any atom is 0.417 e. The van der Waals surface area contributed by atoms with Crippen LogP contribution in [0.5, 0.6) is 0 Å². The quantitative estimate of drug-likeness (QED) is 0.739. The molecular formula is C10H5ClF3NS. The SMILES string of the molecule is FC(F)(F)c1ccccc1-c1ncc(Cl)s1. The molecule has 1 aromatic carbocycles. The average Bonchev–Trinajstić information content (AvgIpc) is 2.64. The van der Waals surface area contributed by atoms with Crippen LogP contribution in [0, 0.1) is 0 Å². The first-order chi connectivity index (χ1) is 7.48. The second kappa shape index (κ2) is 4.07. The summed E-state index contributed by atoms with van der Waals surface area (Å²) in [6.07, 6.45) is -3.04. The zero-order valence-corrected chi connectivity index (χ0v) is 9.33. The molecule has 0 bridgehead atoms. The van der Waals surface area contributed by atoms with E-state index in [9.17, 15) is 13.2 Å². The Balaban J connectivity index is 2.57. The van der Waals surface area contributed by atoms with E-state index in [4.69, 9.17) is 11.6 Å². The molecule has 1 nitrogen and oxygen atoms in total. The molecular weight excluding hydrogens is 259 g/mol. The van der Waals surface area contributed by atoms with Gasteiger partial charge in [0.1, 0.15) is 9.34 Å². The molecule has 0 amide bonds. The number of halogens is 4. The molecule has 0 spiro atoms. The second-order valence-corrected chi connectivity index (χ2v) is 4.67. The number of thiazole rings is 1. The zero-order chi connectivity index (χ0) is 11.8. The Morgan fingerprint density at radius 2 is 1.88 bits per heavy atom. The standard InChI is InChI=1S/C10H5ClF3NS/c11-8-5-15-9(16-8)6-3-1-2-4-7(6)10(12,13)14/h1-5H. The molecule has 0 radical (unpaired) electrons. The molecule has 0 atom stereocenters. The summed E-state index contributed by atoms with van der Waals surface area (Å²) >= 11 is 6.68. The maximum atomic E-state index is 12.7. The largest absolute Gasteiger partial charge is 0.417 e. The third-order valence-corrected chi connectivity index (χ3v) is 3.09. The summed E-state index contributed by atoms with van der Waals surface area (Å²) in [6, 6.07) is 5.31. The Morgan fingerprint density at radius 1 is 1.19 bits per heavy atom. The van der Waals surface area contributed by atoms with Crippen LogP contribution in [0.4, 0.5) is 13.2 Å². The van der Waals surface area contributed by atoms with Gasteiger partial charge in [0.2, 0.25) is 0 Å². The molecule has 0 saturated carbocycles. The summed E-state index contributed by atoms with van der Waals surface area (Å²) in [5.41, 5.74) is -0.632. The maximum absolute atomic E-state index is 12.7. The normalized spacial score (nSPS) is 11.8. The first-order valence-electron chi connectivity index (χ1n) is 4.26. The van der Waals surface area contributed by atoms with Crippen molar-refractivity contribution in [1.82, 2.24) is 4.98 Å². The molecule has 0 fully saturated rings. The Hall–Kier alpha value is -1.07. The first kappa shape index (κ1) is 11.4. The predicted octanol–water partition coefficient (Wildman–Crippen LogP) is 4.48. The Kier molecular flexibility index (Phi) is 2.90. The number of alkyl halides is 3. The smallest absolute Gasteiger partial charge is 0.243 e. The molecule has 16 heavy (non-hydrogen) atoms. The van der Waals surface area contributed by atoms with Crippen LogP contribution in [0.25, 0.3) is 10.6 Å². The van der Waals surface area contributed by atoms with Gasteiger partial charge in [-0.25, -0.2) is 4.98 Å². The average molecular weight is 264 g/mol. The Labute approximate surface area is 98.5 Å². The van der Waals surface area contributed by atoms with E-state index < -0.39 is 11.7 Å². The van der Waals surface area contributed by atoms with Crippen LogP contribution in [-0.2, 0) is 6.18 Å². The topological polar surface area (TPSA) is 12.9 Å². The number of benzene rings is 1. The lowest BCUT2D eigenvalue weighted by atomic mass is 10.1.